The van der Waals surface area contributed by atoms with E-state index < -0.39 is 0 Å². The molecule has 0 aliphatic carbocycles. The minimum absolute atomic E-state index is 0.313. The summed E-state index contributed by atoms with van der Waals surface area (Å²) in [5.74, 6) is 3.41. The van der Waals surface area contributed by atoms with Crippen LogP contribution in [0.5, 0.6) is 11.5 Å². The summed E-state index contributed by atoms with van der Waals surface area (Å²) in [5.41, 5.74) is 13.2. The van der Waals surface area contributed by atoms with Gasteiger partial charge in [-0.15, -0.1) is 0 Å². The van der Waals surface area contributed by atoms with Crippen molar-refractivity contribution >= 4 is 21.8 Å². The third-order valence-electron chi connectivity index (χ3n) is 10.1. The molecule has 0 saturated heterocycles. The second-order valence-corrected chi connectivity index (χ2v) is 14.8. The van der Waals surface area contributed by atoms with Gasteiger partial charge in [0.2, 0.25) is 0 Å². The van der Waals surface area contributed by atoms with Crippen molar-refractivity contribution in [2.45, 2.75) is 87.0 Å². The fourth-order valence-corrected chi connectivity index (χ4v) is 7.52. The summed E-state index contributed by atoms with van der Waals surface area (Å²) in [6.07, 6.45) is 6.07. The van der Waals surface area contributed by atoms with Gasteiger partial charge in [-0.05, 0) is 122 Å². The summed E-state index contributed by atoms with van der Waals surface area (Å²) in [6, 6.07) is 32.5. The van der Waals surface area contributed by atoms with Crippen LogP contribution in [0.15, 0.2) is 97.2 Å². The van der Waals surface area contributed by atoms with E-state index in [9.17, 15) is 0 Å². The first kappa shape index (κ1) is 34.3. The minimum atomic E-state index is 0.313. The first-order valence-corrected chi connectivity index (χ1v) is 18.6. The molecule has 0 radical (unpaired) electrons. The smallest absolute Gasteiger partial charge is 0.137 e. The molecule has 5 heteroatoms. The molecule has 0 spiro atoms. The van der Waals surface area contributed by atoms with Crippen LogP contribution in [0.3, 0.4) is 0 Å². The second-order valence-electron chi connectivity index (χ2n) is 14.8. The molecule has 0 saturated carbocycles. The molecule has 0 bridgehead atoms. The summed E-state index contributed by atoms with van der Waals surface area (Å²) in [6.45, 7) is 17.9. The second kappa shape index (κ2) is 14.2. The number of nitrogens with zero attached hydrogens (tertiary/aromatic N) is 4. The number of hydrogen-bond donors (Lipinski definition) is 0. The Labute approximate surface area is 302 Å². The maximum absolute atomic E-state index is 6.81. The summed E-state index contributed by atoms with van der Waals surface area (Å²) in [4.78, 5) is 4.84. The molecule has 0 unspecified atom stereocenters. The Bertz CT molecular complexity index is 2340. The number of hydrogen-bond acceptors (Lipinski definition) is 3. The quantitative estimate of drug-likeness (QED) is 0.137. The molecule has 51 heavy (non-hydrogen) atoms. The maximum Gasteiger partial charge on any atom is 0.137 e. The molecule has 260 valence electrons. The third kappa shape index (κ3) is 6.70. The van der Waals surface area contributed by atoms with Crippen molar-refractivity contribution < 1.29 is 4.74 Å². The van der Waals surface area contributed by atoms with Crippen LogP contribution in [0.1, 0.15) is 87.0 Å². The molecular weight excluding hydrogens is 625 g/mol. The number of para-hydroxylation sites is 1. The van der Waals surface area contributed by atoms with E-state index in [-0.39, 0.29) is 0 Å². The number of pyridine rings is 1. The van der Waals surface area contributed by atoms with E-state index in [1.54, 1.807) is 0 Å². The predicted molar refractivity (Wildman–Crippen MR) is 213 cm³/mol. The van der Waals surface area contributed by atoms with Crippen molar-refractivity contribution in [2.75, 3.05) is 0 Å². The summed E-state index contributed by atoms with van der Waals surface area (Å²) in [7, 11) is 0. The molecule has 3 heterocycles. The topological polar surface area (TPSA) is 44.9 Å². The normalized spacial score (nSPS) is 11.8. The van der Waals surface area contributed by atoms with Crippen LogP contribution in [-0.2, 0) is 12.8 Å². The third-order valence-corrected chi connectivity index (χ3v) is 10.1. The van der Waals surface area contributed by atoms with E-state index in [1.165, 1.54) is 49.8 Å². The molecule has 4 aromatic carbocycles. The van der Waals surface area contributed by atoms with Gasteiger partial charge in [0.25, 0.3) is 0 Å². The molecule has 0 N–H and O–H groups in total. The lowest BCUT2D eigenvalue weighted by Crippen LogP contribution is -2.06. The van der Waals surface area contributed by atoms with Crippen molar-refractivity contribution in [3.05, 3.63) is 131 Å². The van der Waals surface area contributed by atoms with Crippen molar-refractivity contribution in [1.29, 1.82) is 0 Å². The Balaban J connectivity index is 1.35. The molecule has 0 aliphatic heterocycles. The van der Waals surface area contributed by atoms with Crippen LogP contribution in [-0.4, -0.2) is 19.3 Å². The lowest BCUT2D eigenvalue weighted by molar-refractivity contribution is 0.481. The molecule has 0 fully saturated rings. The fourth-order valence-electron chi connectivity index (χ4n) is 7.52. The molecule has 5 nitrogen and oxygen atoms in total. The Morgan fingerprint density at radius 1 is 0.706 bits per heavy atom. The maximum atomic E-state index is 6.81. The highest BCUT2D eigenvalue weighted by Gasteiger charge is 2.22. The Kier molecular flexibility index (Phi) is 9.56. The average molecular weight is 675 g/mol. The monoisotopic (exact) mass is 674 g/mol. The van der Waals surface area contributed by atoms with E-state index in [0.29, 0.717) is 11.8 Å². The van der Waals surface area contributed by atoms with E-state index in [1.807, 2.05) is 6.20 Å². The minimum Gasteiger partial charge on any atom is -0.457 e. The number of aryl methyl sites for hydroxylation is 4. The van der Waals surface area contributed by atoms with E-state index >= 15 is 0 Å². The van der Waals surface area contributed by atoms with Crippen molar-refractivity contribution in [3.8, 4) is 34.1 Å². The Morgan fingerprint density at radius 2 is 1.47 bits per heavy atom. The fraction of sp³-hybridized carbons (Fsp3) is 0.304. The number of rotatable bonds is 11. The van der Waals surface area contributed by atoms with Gasteiger partial charge in [0.05, 0.1) is 28.1 Å². The van der Waals surface area contributed by atoms with Crippen LogP contribution in [0.25, 0.3) is 44.4 Å². The first-order valence-electron chi connectivity index (χ1n) is 18.6. The SMILES string of the molecule is CCCc1ccnc(-n2c3ccccc3c3ccc(Oc4cc(C(C)C)cc(-n5nc(C)c(-c6c(C)cccc6C)c5CCC(C)C)c4)cc32)c1. The van der Waals surface area contributed by atoms with Gasteiger partial charge in [-0.1, -0.05) is 77.4 Å². The Morgan fingerprint density at radius 3 is 2.22 bits per heavy atom. The van der Waals surface area contributed by atoms with Crippen molar-refractivity contribution in [3.63, 3.8) is 0 Å². The molecule has 3 aromatic heterocycles. The first-order chi connectivity index (χ1) is 24.6. The largest absolute Gasteiger partial charge is 0.457 e. The lowest BCUT2D eigenvalue weighted by atomic mass is 9.92. The summed E-state index contributed by atoms with van der Waals surface area (Å²) < 4.78 is 11.3. The predicted octanol–water partition coefficient (Wildman–Crippen LogP) is 12.4. The van der Waals surface area contributed by atoms with Gasteiger partial charge in [0.15, 0.2) is 0 Å². The number of fused-ring (bicyclic) bond motifs is 3. The van der Waals surface area contributed by atoms with Gasteiger partial charge in [-0.2, -0.15) is 5.10 Å². The number of aromatic nitrogens is 4. The van der Waals surface area contributed by atoms with Crippen LogP contribution in [0.4, 0.5) is 0 Å². The van der Waals surface area contributed by atoms with Crippen LogP contribution in [0.2, 0.25) is 0 Å². The zero-order valence-corrected chi connectivity index (χ0v) is 31.4. The highest BCUT2D eigenvalue weighted by Crippen LogP contribution is 2.39. The average Bonchev–Trinajstić information content (AvgIpc) is 3.61. The zero-order chi connectivity index (χ0) is 35.8. The van der Waals surface area contributed by atoms with Crippen LogP contribution >= 0.6 is 0 Å². The van der Waals surface area contributed by atoms with Crippen LogP contribution in [0, 0.1) is 26.7 Å². The van der Waals surface area contributed by atoms with E-state index in [0.717, 1.165) is 65.4 Å². The van der Waals surface area contributed by atoms with Gasteiger partial charge in [0.1, 0.15) is 17.3 Å². The Hall–Kier alpha value is -5.16. The van der Waals surface area contributed by atoms with Gasteiger partial charge in [-0.3, -0.25) is 4.57 Å². The molecule has 7 aromatic rings. The molecule has 0 amide bonds. The highest BCUT2D eigenvalue weighted by atomic mass is 16.5. The van der Waals surface area contributed by atoms with E-state index in [4.69, 9.17) is 14.8 Å². The zero-order valence-electron chi connectivity index (χ0n) is 31.4. The van der Waals surface area contributed by atoms with Gasteiger partial charge >= 0.3 is 0 Å². The summed E-state index contributed by atoms with van der Waals surface area (Å²) in [5, 5.41) is 7.63. The highest BCUT2D eigenvalue weighted by molar-refractivity contribution is 6.09. The molecule has 7 rings (SSSR count). The van der Waals surface area contributed by atoms with E-state index in [2.05, 4.69) is 156 Å². The van der Waals surface area contributed by atoms with Crippen molar-refractivity contribution in [2.24, 2.45) is 5.92 Å². The van der Waals surface area contributed by atoms with Crippen molar-refractivity contribution in [1.82, 2.24) is 19.3 Å². The summed E-state index contributed by atoms with van der Waals surface area (Å²) >= 11 is 0. The lowest BCUT2D eigenvalue weighted by Gasteiger charge is -2.17. The molecule has 0 aliphatic rings. The standard InChI is InChI=1S/C46H50N4O/c1-9-13-34-22-23-47-44(24-34)49-41-17-11-10-16-39(41)40-20-19-37(28-43(40)49)51-38-26-35(30(4)5)25-36(27-38)50-42(21-18-29(2)3)46(33(8)48-50)45-31(6)14-12-15-32(45)7/h10-12,14-17,19-20,22-30H,9,13,18,21H2,1-8H3. The number of benzene rings is 4. The molecule has 0 atom stereocenters. The van der Waals surface area contributed by atoms with Gasteiger partial charge < -0.3 is 4.74 Å². The number of ether oxygens (including phenoxy) is 1. The van der Waals surface area contributed by atoms with Gasteiger partial charge in [0, 0.05) is 34.7 Å². The van der Waals surface area contributed by atoms with Crippen LogP contribution < -0.4 is 4.74 Å². The molecular formula is C46H50N4O. The van der Waals surface area contributed by atoms with Gasteiger partial charge in [-0.25, -0.2) is 9.67 Å².